The van der Waals surface area contributed by atoms with Crippen LogP contribution >= 0.6 is 0 Å². The van der Waals surface area contributed by atoms with Gasteiger partial charge in [-0.15, -0.1) is 0 Å². The third kappa shape index (κ3) is 3.86. The summed E-state index contributed by atoms with van der Waals surface area (Å²) < 4.78 is 47.0. The van der Waals surface area contributed by atoms with Crippen molar-refractivity contribution in [2.45, 2.75) is 46.3 Å². The van der Waals surface area contributed by atoms with E-state index >= 15 is 0 Å². The molecule has 0 saturated carbocycles. The number of aliphatic hydroxyl groups excluding tert-OH is 1. The van der Waals surface area contributed by atoms with Crippen molar-refractivity contribution in [3.63, 3.8) is 0 Å². The molecule has 1 aromatic carbocycles. The van der Waals surface area contributed by atoms with Gasteiger partial charge in [-0.05, 0) is 51.5 Å². The number of rotatable bonds is 5. The molecule has 5 nitrogen and oxygen atoms in total. The summed E-state index contributed by atoms with van der Waals surface area (Å²) in [5.41, 5.74) is 1.75. The van der Waals surface area contributed by atoms with Crippen LogP contribution in [0.1, 0.15) is 36.4 Å². The molecule has 1 aliphatic rings. The average molecular weight is 420 g/mol. The quantitative estimate of drug-likeness (QED) is 0.702. The van der Waals surface area contributed by atoms with Gasteiger partial charge in [-0.2, -0.15) is 13.2 Å². The predicted molar refractivity (Wildman–Crippen MR) is 107 cm³/mol. The second-order valence-corrected chi connectivity index (χ2v) is 7.16. The number of aryl methyl sites for hydroxylation is 1. The maximum Gasteiger partial charge on any atom is 0.418 e. The van der Waals surface area contributed by atoms with Crippen LogP contribution in [0.5, 0.6) is 0 Å². The summed E-state index contributed by atoms with van der Waals surface area (Å²) >= 11 is 0. The zero-order chi connectivity index (χ0) is 22.2. The molecule has 3 rings (SSSR count). The van der Waals surface area contributed by atoms with Crippen LogP contribution in [-0.4, -0.2) is 34.0 Å². The SMILES string of the molecule is CCOC(=O)C1=C(O)C(Cc2cc(C)n(-c3ccccc3C(F)(F)F)c2C)N=C1C. The summed E-state index contributed by atoms with van der Waals surface area (Å²) in [7, 11) is 0. The van der Waals surface area contributed by atoms with Crippen LogP contribution < -0.4 is 0 Å². The van der Waals surface area contributed by atoms with E-state index in [1.165, 1.54) is 12.1 Å². The molecular weight excluding hydrogens is 397 g/mol. The van der Waals surface area contributed by atoms with Gasteiger partial charge in [-0.3, -0.25) is 4.99 Å². The molecule has 0 fully saturated rings. The van der Waals surface area contributed by atoms with Crippen LogP contribution in [0.25, 0.3) is 5.69 Å². The lowest BCUT2D eigenvalue weighted by Crippen LogP contribution is -2.15. The number of carbonyl (C=O) groups excluding carboxylic acids is 1. The molecule has 30 heavy (non-hydrogen) atoms. The Balaban J connectivity index is 1.98. The summed E-state index contributed by atoms with van der Waals surface area (Å²) in [6.45, 7) is 6.92. The molecule has 0 spiro atoms. The maximum absolute atomic E-state index is 13.5. The molecule has 2 aromatic rings. The average Bonchev–Trinajstić information content (AvgIpc) is 3.09. The second kappa shape index (κ2) is 8.01. The van der Waals surface area contributed by atoms with Gasteiger partial charge in [0.05, 0.1) is 23.6 Å². The second-order valence-electron chi connectivity index (χ2n) is 7.16. The zero-order valence-electron chi connectivity index (χ0n) is 17.2. The number of hydrogen-bond acceptors (Lipinski definition) is 4. The maximum atomic E-state index is 13.5. The van der Waals surface area contributed by atoms with Gasteiger partial charge in [-0.1, -0.05) is 12.1 Å². The fourth-order valence-electron chi connectivity index (χ4n) is 3.83. The minimum Gasteiger partial charge on any atom is -0.509 e. The number of halogens is 3. The highest BCUT2D eigenvalue weighted by Gasteiger charge is 2.35. The van der Waals surface area contributed by atoms with Gasteiger partial charge in [0, 0.05) is 17.8 Å². The van der Waals surface area contributed by atoms with Crippen LogP contribution in [0.2, 0.25) is 0 Å². The molecule has 2 heterocycles. The Morgan fingerprint density at radius 1 is 1.23 bits per heavy atom. The Morgan fingerprint density at radius 2 is 1.90 bits per heavy atom. The molecule has 1 aliphatic heterocycles. The van der Waals surface area contributed by atoms with Crippen molar-refractivity contribution >= 4 is 11.7 Å². The van der Waals surface area contributed by atoms with E-state index in [2.05, 4.69) is 4.99 Å². The number of nitrogens with zero attached hydrogens (tertiary/aromatic N) is 2. The number of ether oxygens (including phenoxy) is 1. The van der Waals surface area contributed by atoms with Crippen LogP contribution in [0.4, 0.5) is 13.2 Å². The first-order valence-electron chi connectivity index (χ1n) is 9.55. The van der Waals surface area contributed by atoms with Crippen molar-refractivity contribution in [2.24, 2.45) is 4.99 Å². The first-order valence-corrected chi connectivity index (χ1v) is 9.55. The molecule has 1 atom stereocenters. The molecule has 0 bridgehead atoms. The smallest absolute Gasteiger partial charge is 0.418 e. The Morgan fingerprint density at radius 3 is 2.53 bits per heavy atom. The molecule has 0 radical (unpaired) electrons. The zero-order valence-corrected chi connectivity index (χ0v) is 17.2. The molecule has 1 unspecified atom stereocenters. The number of benzene rings is 1. The topological polar surface area (TPSA) is 63.8 Å². The lowest BCUT2D eigenvalue weighted by Gasteiger charge is -2.17. The number of carbonyl (C=O) groups is 1. The summed E-state index contributed by atoms with van der Waals surface area (Å²) in [6.07, 6.45) is -4.23. The fraction of sp³-hybridized carbons (Fsp3) is 0.364. The number of aliphatic hydroxyl groups is 1. The normalized spacial score (nSPS) is 16.8. The first-order chi connectivity index (χ1) is 14.1. The summed E-state index contributed by atoms with van der Waals surface area (Å²) in [5.74, 6) is -0.810. The minimum atomic E-state index is -4.48. The lowest BCUT2D eigenvalue weighted by molar-refractivity contribution is -0.138. The Bertz CT molecular complexity index is 1050. The van der Waals surface area contributed by atoms with E-state index in [0.29, 0.717) is 17.1 Å². The molecule has 0 aliphatic carbocycles. The van der Waals surface area contributed by atoms with Crippen molar-refractivity contribution in [2.75, 3.05) is 6.61 Å². The number of aromatic nitrogens is 1. The van der Waals surface area contributed by atoms with Crippen molar-refractivity contribution in [3.05, 3.63) is 64.2 Å². The van der Waals surface area contributed by atoms with Crippen LogP contribution in [0.15, 0.2) is 46.7 Å². The van der Waals surface area contributed by atoms with E-state index in [4.69, 9.17) is 4.74 Å². The predicted octanol–water partition coefficient (Wildman–Crippen LogP) is 4.87. The Kier molecular flexibility index (Phi) is 5.78. The number of para-hydroxylation sites is 1. The van der Waals surface area contributed by atoms with Gasteiger partial charge >= 0.3 is 12.1 Å². The van der Waals surface area contributed by atoms with E-state index in [9.17, 15) is 23.1 Å². The van der Waals surface area contributed by atoms with Crippen molar-refractivity contribution < 1.29 is 27.8 Å². The molecule has 0 amide bonds. The molecular formula is C22H23F3N2O3. The first kappa shape index (κ1) is 21.7. The molecule has 1 N–H and O–H groups in total. The van der Waals surface area contributed by atoms with Crippen molar-refractivity contribution in [1.82, 2.24) is 4.57 Å². The van der Waals surface area contributed by atoms with Gasteiger partial charge in [-0.25, -0.2) is 4.79 Å². The number of esters is 1. The van der Waals surface area contributed by atoms with Gasteiger partial charge in [0.15, 0.2) is 0 Å². The minimum absolute atomic E-state index is 0.0457. The Labute approximate surface area is 172 Å². The number of hydrogen-bond donors (Lipinski definition) is 1. The van der Waals surface area contributed by atoms with E-state index in [1.54, 1.807) is 44.4 Å². The fourth-order valence-corrected chi connectivity index (χ4v) is 3.83. The highest BCUT2D eigenvalue weighted by Crippen LogP contribution is 2.36. The Hall–Kier alpha value is -3.03. The van der Waals surface area contributed by atoms with E-state index in [1.807, 2.05) is 0 Å². The van der Waals surface area contributed by atoms with E-state index in [-0.39, 0.29) is 30.0 Å². The number of aliphatic imine (C=N–C) groups is 1. The molecule has 0 saturated heterocycles. The molecule has 160 valence electrons. The van der Waals surface area contributed by atoms with Gasteiger partial charge in [0.1, 0.15) is 17.4 Å². The standard InChI is InChI=1S/C22H23F3N2O3/c1-5-30-21(29)19-13(3)26-17(20(19)28)11-15-10-12(2)27(14(15)4)18-9-7-6-8-16(18)22(23,24)25/h6-10,17,28H,5,11H2,1-4H3. The highest BCUT2D eigenvalue weighted by atomic mass is 19.4. The van der Waals surface area contributed by atoms with Crippen molar-refractivity contribution in [1.29, 1.82) is 0 Å². The largest absolute Gasteiger partial charge is 0.509 e. The van der Waals surface area contributed by atoms with Crippen LogP contribution in [0, 0.1) is 13.8 Å². The van der Waals surface area contributed by atoms with Crippen molar-refractivity contribution in [3.8, 4) is 5.69 Å². The molecule has 8 heteroatoms. The summed E-state index contributed by atoms with van der Waals surface area (Å²) in [6, 6.07) is 6.50. The van der Waals surface area contributed by atoms with Gasteiger partial charge < -0.3 is 14.4 Å². The summed E-state index contributed by atoms with van der Waals surface area (Å²) in [5, 5.41) is 10.5. The lowest BCUT2D eigenvalue weighted by atomic mass is 10.0. The number of alkyl halides is 3. The third-order valence-corrected chi connectivity index (χ3v) is 5.16. The monoisotopic (exact) mass is 420 g/mol. The van der Waals surface area contributed by atoms with E-state index < -0.39 is 23.8 Å². The third-order valence-electron chi connectivity index (χ3n) is 5.16. The van der Waals surface area contributed by atoms with Gasteiger partial charge in [0.25, 0.3) is 0 Å². The van der Waals surface area contributed by atoms with Crippen LogP contribution in [0.3, 0.4) is 0 Å². The highest BCUT2D eigenvalue weighted by molar-refractivity contribution is 6.20. The van der Waals surface area contributed by atoms with E-state index in [0.717, 1.165) is 11.6 Å². The van der Waals surface area contributed by atoms with Crippen LogP contribution in [-0.2, 0) is 22.1 Å². The summed E-state index contributed by atoms with van der Waals surface area (Å²) in [4.78, 5) is 16.4. The van der Waals surface area contributed by atoms with Gasteiger partial charge in [0.2, 0.25) is 0 Å². The molecule has 1 aromatic heterocycles.